The molecule has 0 atom stereocenters. The van der Waals surface area contributed by atoms with Crippen LogP contribution in [-0.4, -0.2) is 42.1 Å². The Kier molecular flexibility index (Phi) is 6.01. The van der Waals surface area contributed by atoms with Gasteiger partial charge in [0, 0.05) is 25.5 Å². The van der Waals surface area contributed by atoms with Crippen molar-refractivity contribution in [3.63, 3.8) is 0 Å². The Morgan fingerprint density at radius 1 is 1.04 bits per heavy atom. The Morgan fingerprint density at radius 2 is 1.75 bits per heavy atom. The molecule has 28 heavy (non-hydrogen) atoms. The maximum absolute atomic E-state index is 12.0. The van der Waals surface area contributed by atoms with Crippen LogP contribution < -0.4 is 15.6 Å². The topological polar surface area (TPSA) is 100 Å². The summed E-state index contributed by atoms with van der Waals surface area (Å²) in [5.41, 5.74) is 6.59. The third kappa shape index (κ3) is 4.73. The molecule has 0 aromatic heterocycles. The molecule has 1 heterocycles. The molecule has 1 aliphatic heterocycles. The summed E-state index contributed by atoms with van der Waals surface area (Å²) in [6.07, 6.45) is 0.432. The molecule has 2 aromatic carbocycles. The molecule has 8 heteroatoms. The summed E-state index contributed by atoms with van der Waals surface area (Å²) < 4.78 is 5.62. The number of carbonyl (C=O) groups is 3. The average Bonchev–Trinajstić information content (AvgIpc) is 2.73. The first-order valence-electron chi connectivity index (χ1n) is 8.75. The lowest BCUT2D eigenvalue weighted by atomic mass is 10.1. The van der Waals surface area contributed by atoms with Gasteiger partial charge in [-0.05, 0) is 11.6 Å². The van der Waals surface area contributed by atoms with Gasteiger partial charge in [-0.15, -0.1) is 0 Å². The van der Waals surface area contributed by atoms with Crippen LogP contribution in [0.2, 0.25) is 0 Å². The highest BCUT2D eigenvalue weighted by Crippen LogP contribution is 2.29. The van der Waals surface area contributed by atoms with E-state index in [4.69, 9.17) is 4.74 Å². The van der Waals surface area contributed by atoms with Gasteiger partial charge < -0.3 is 4.74 Å². The first-order chi connectivity index (χ1) is 13.5. The number of hydrogen-bond donors (Lipinski definition) is 2. The second-order valence-electron chi connectivity index (χ2n) is 6.12. The van der Waals surface area contributed by atoms with Crippen molar-refractivity contribution in [1.29, 1.82) is 0 Å². The van der Waals surface area contributed by atoms with Crippen molar-refractivity contribution in [1.82, 2.24) is 15.9 Å². The highest BCUT2D eigenvalue weighted by atomic mass is 16.5. The number of amides is 3. The van der Waals surface area contributed by atoms with E-state index in [0.717, 1.165) is 16.1 Å². The van der Waals surface area contributed by atoms with Crippen LogP contribution in [0.15, 0.2) is 59.7 Å². The second kappa shape index (κ2) is 8.81. The van der Waals surface area contributed by atoms with E-state index in [0.29, 0.717) is 5.75 Å². The van der Waals surface area contributed by atoms with Gasteiger partial charge in [0.15, 0.2) is 6.61 Å². The number of hydrogen-bond acceptors (Lipinski definition) is 5. The lowest BCUT2D eigenvalue weighted by Crippen LogP contribution is -2.48. The van der Waals surface area contributed by atoms with Crippen molar-refractivity contribution in [3.05, 3.63) is 54.6 Å². The van der Waals surface area contributed by atoms with Gasteiger partial charge in [-0.3, -0.25) is 25.2 Å². The first kappa shape index (κ1) is 19.1. The largest absolute Gasteiger partial charge is 0.483 e. The summed E-state index contributed by atoms with van der Waals surface area (Å²) in [7, 11) is 1.48. The van der Waals surface area contributed by atoms with Crippen molar-refractivity contribution in [2.24, 2.45) is 5.10 Å². The molecule has 0 radical (unpaired) electrons. The van der Waals surface area contributed by atoms with Gasteiger partial charge in [0.05, 0.1) is 0 Å². The summed E-state index contributed by atoms with van der Waals surface area (Å²) in [5, 5.41) is 5.00. The van der Waals surface area contributed by atoms with Crippen molar-refractivity contribution in [3.8, 4) is 16.9 Å². The molecule has 3 rings (SSSR count). The molecule has 0 spiro atoms. The Balaban J connectivity index is 1.54. The van der Waals surface area contributed by atoms with E-state index in [1.165, 1.54) is 7.05 Å². The minimum absolute atomic E-state index is 0.161. The molecular weight excluding hydrogens is 360 g/mol. The highest BCUT2D eigenvalue weighted by molar-refractivity contribution is 6.39. The number of ether oxygens (including phenoxy) is 1. The van der Waals surface area contributed by atoms with Crippen LogP contribution in [0.3, 0.4) is 0 Å². The lowest BCUT2D eigenvalue weighted by molar-refractivity contribution is -0.131. The summed E-state index contributed by atoms with van der Waals surface area (Å²) in [5.74, 6) is -0.674. The molecule has 0 unspecified atom stereocenters. The van der Waals surface area contributed by atoms with Crippen LogP contribution in [0.4, 0.5) is 0 Å². The third-order valence-corrected chi connectivity index (χ3v) is 4.12. The number of para-hydroxylation sites is 1. The molecule has 1 aliphatic rings. The van der Waals surface area contributed by atoms with E-state index in [1.54, 1.807) is 6.07 Å². The van der Waals surface area contributed by atoms with Crippen LogP contribution in [-0.2, 0) is 14.4 Å². The SMILES string of the molecule is CN1N=C(C(=O)NNC(=O)COc2ccccc2-c2ccccc2)CCC1=O. The number of rotatable bonds is 5. The Morgan fingerprint density at radius 3 is 2.50 bits per heavy atom. The van der Waals surface area contributed by atoms with Crippen molar-refractivity contribution in [2.45, 2.75) is 12.8 Å². The standard InChI is InChI=1S/C20H20N4O4/c1-24-19(26)12-11-16(23-24)20(27)22-21-18(25)13-28-17-10-6-5-9-15(17)14-7-3-2-4-8-14/h2-10H,11-13H2,1H3,(H,21,25)(H,22,27). The summed E-state index contributed by atoms with van der Waals surface area (Å²) in [6.45, 7) is -0.269. The normalized spacial score (nSPS) is 13.5. The molecule has 0 bridgehead atoms. The van der Waals surface area contributed by atoms with Gasteiger partial charge in [-0.25, -0.2) is 5.01 Å². The number of hydrazone groups is 1. The molecule has 0 saturated heterocycles. The highest BCUT2D eigenvalue weighted by Gasteiger charge is 2.22. The second-order valence-corrected chi connectivity index (χ2v) is 6.12. The number of benzene rings is 2. The zero-order valence-electron chi connectivity index (χ0n) is 15.3. The molecule has 0 aliphatic carbocycles. The number of hydrazine groups is 1. The molecule has 0 saturated carbocycles. The van der Waals surface area contributed by atoms with E-state index >= 15 is 0 Å². The Bertz CT molecular complexity index is 911. The van der Waals surface area contributed by atoms with Gasteiger partial charge >= 0.3 is 0 Å². The molecule has 0 fully saturated rings. The van der Waals surface area contributed by atoms with Gasteiger partial charge in [-0.2, -0.15) is 5.10 Å². The van der Waals surface area contributed by atoms with Crippen LogP contribution in [0.1, 0.15) is 12.8 Å². The smallest absolute Gasteiger partial charge is 0.285 e. The van der Waals surface area contributed by atoms with Crippen molar-refractivity contribution >= 4 is 23.4 Å². The van der Waals surface area contributed by atoms with Gasteiger partial charge in [0.2, 0.25) is 5.91 Å². The fraction of sp³-hybridized carbons (Fsp3) is 0.200. The quantitative estimate of drug-likeness (QED) is 0.768. The van der Waals surface area contributed by atoms with Gasteiger partial charge in [-0.1, -0.05) is 48.5 Å². The van der Waals surface area contributed by atoms with Gasteiger partial charge in [0.25, 0.3) is 11.8 Å². The van der Waals surface area contributed by atoms with Crippen LogP contribution in [0, 0.1) is 0 Å². The van der Waals surface area contributed by atoms with Gasteiger partial charge in [0.1, 0.15) is 11.5 Å². The Labute approximate surface area is 162 Å². The molecule has 2 aromatic rings. The minimum Gasteiger partial charge on any atom is -0.483 e. The van der Waals surface area contributed by atoms with E-state index in [2.05, 4.69) is 16.0 Å². The molecule has 144 valence electrons. The van der Waals surface area contributed by atoms with E-state index in [9.17, 15) is 14.4 Å². The van der Waals surface area contributed by atoms with Crippen molar-refractivity contribution in [2.75, 3.05) is 13.7 Å². The maximum atomic E-state index is 12.0. The molecular formula is C20H20N4O4. The van der Waals surface area contributed by atoms with E-state index < -0.39 is 11.8 Å². The number of nitrogens with zero attached hydrogens (tertiary/aromatic N) is 2. The molecule has 3 amide bonds. The summed E-state index contributed by atoms with van der Waals surface area (Å²) in [6, 6.07) is 17.1. The van der Waals surface area contributed by atoms with Crippen LogP contribution in [0.5, 0.6) is 5.75 Å². The van der Waals surface area contributed by atoms with Crippen molar-refractivity contribution < 1.29 is 19.1 Å². The average molecular weight is 380 g/mol. The van der Waals surface area contributed by atoms with Crippen LogP contribution in [0.25, 0.3) is 11.1 Å². The summed E-state index contributed by atoms with van der Waals surface area (Å²) in [4.78, 5) is 35.4. The fourth-order valence-corrected chi connectivity index (χ4v) is 2.66. The zero-order chi connectivity index (χ0) is 19.9. The van der Waals surface area contributed by atoms with Crippen LogP contribution >= 0.6 is 0 Å². The monoisotopic (exact) mass is 380 g/mol. The zero-order valence-corrected chi connectivity index (χ0v) is 15.3. The maximum Gasteiger partial charge on any atom is 0.285 e. The Hall–Kier alpha value is -3.68. The predicted octanol–water partition coefficient (Wildman–Crippen LogP) is 1.49. The van der Waals surface area contributed by atoms with E-state index in [-0.39, 0.29) is 31.1 Å². The minimum atomic E-state index is -0.558. The summed E-state index contributed by atoms with van der Waals surface area (Å²) >= 11 is 0. The first-order valence-corrected chi connectivity index (χ1v) is 8.75. The lowest BCUT2D eigenvalue weighted by Gasteiger charge is -2.19. The predicted molar refractivity (Wildman–Crippen MR) is 103 cm³/mol. The van der Waals surface area contributed by atoms with E-state index in [1.807, 2.05) is 48.5 Å². The molecule has 2 N–H and O–H groups in total. The third-order valence-electron chi connectivity index (χ3n) is 4.12. The molecule has 8 nitrogen and oxygen atoms in total. The fourth-order valence-electron chi connectivity index (χ4n) is 2.66. The number of carbonyl (C=O) groups excluding carboxylic acids is 3. The number of nitrogens with one attached hydrogen (secondary N) is 2.